The van der Waals surface area contributed by atoms with Crippen LogP contribution < -0.4 is 16.0 Å². The van der Waals surface area contributed by atoms with Crippen LogP contribution in [0.5, 0.6) is 0 Å². The van der Waals surface area contributed by atoms with E-state index in [1.54, 1.807) is 7.05 Å². The number of carbonyl (C=O) groups excluding carboxylic acids is 1. The zero-order valence-corrected chi connectivity index (χ0v) is 17.6. The molecule has 2 aromatic carbocycles. The van der Waals surface area contributed by atoms with Crippen molar-refractivity contribution >= 4 is 11.9 Å². The van der Waals surface area contributed by atoms with Crippen molar-refractivity contribution in [3.63, 3.8) is 0 Å². The van der Waals surface area contributed by atoms with Crippen LogP contribution in [0.15, 0.2) is 59.6 Å². The maximum Gasteiger partial charge on any atom is 0.251 e. The van der Waals surface area contributed by atoms with E-state index >= 15 is 0 Å². The standard InChI is InChI=1S/C23H32N4O2/c1-4-25-22(28)21-12-8-11-20(13-21)15-27-23(24-3)26-14-18(2)16-29-17-19-9-6-5-7-10-19/h5-13,18H,4,14-17H2,1-3H3,(H,25,28)(H2,24,26,27). The van der Waals surface area contributed by atoms with Gasteiger partial charge in [0, 0.05) is 32.2 Å². The number of aliphatic imine (C=N–C) groups is 1. The first-order valence-electron chi connectivity index (χ1n) is 10.1. The number of rotatable bonds is 10. The van der Waals surface area contributed by atoms with E-state index in [0.29, 0.717) is 37.8 Å². The molecular weight excluding hydrogens is 364 g/mol. The maximum atomic E-state index is 12.0. The maximum absolute atomic E-state index is 12.0. The lowest BCUT2D eigenvalue weighted by atomic mass is 10.1. The molecule has 6 heteroatoms. The van der Waals surface area contributed by atoms with Gasteiger partial charge in [-0.15, -0.1) is 0 Å². The molecule has 2 rings (SSSR count). The molecule has 1 unspecified atom stereocenters. The molecule has 0 aliphatic heterocycles. The van der Waals surface area contributed by atoms with E-state index in [0.717, 1.165) is 18.1 Å². The van der Waals surface area contributed by atoms with E-state index < -0.39 is 0 Å². The molecule has 0 saturated carbocycles. The minimum absolute atomic E-state index is 0.0545. The van der Waals surface area contributed by atoms with Gasteiger partial charge in [-0.3, -0.25) is 9.79 Å². The zero-order chi connectivity index (χ0) is 20.9. The first kappa shape index (κ1) is 22.4. The molecule has 0 aliphatic carbocycles. The lowest BCUT2D eigenvalue weighted by molar-refractivity contribution is 0.0931. The van der Waals surface area contributed by atoms with Crippen molar-refractivity contribution in [1.29, 1.82) is 0 Å². The minimum Gasteiger partial charge on any atom is -0.376 e. The van der Waals surface area contributed by atoms with Crippen LogP contribution in [0.3, 0.4) is 0 Å². The van der Waals surface area contributed by atoms with Gasteiger partial charge in [0.1, 0.15) is 0 Å². The SMILES string of the molecule is CCNC(=O)c1cccc(CNC(=NC)NCC(C)COCc2ccccc2)c1. The van der Waals surface area contributed by atoms with Crippen molar-refractivity contribution in [2.75, 3.05) is 26.7 Å². The summed E-state index contributed by atoms with van der Waals surface area (Å²) in [5.41, 5.74) is 2.87. The first-order chi connectivity index (χ1) is 14.1. The molecule has 0 spiro atoms. The van der Waals surface area contributed by atoms with Crippen LogP contribution in [-0.4, -0.2) is 38.6 Å². The summed E-state index contributed by atoms with van der Waals surface area (Å²) in [6.07, 6.45) is 0. The highest BCUT2D eigenvalue weighted by atomic mass is 16.5. The van der Waals surface area contributed by atoms with Gasteiger partial charge in [-0.25, -0.2) is 0 Å². The van der Waals surface area contributed by atoms with E-state index in [4.69, 9.17) is 4.74 Å². The molecule has 2 aromatic rings. The van der Waals surface area contributed by atoms with Gasteiger partial charge in [-0.1, -0.05) is 49.4 Å². The third-order valence-corrected chi connectivity index (χ3v) is 4.34. The summed E-state index contributed by atoms with van der Waals surface area (Å²) < 4.78 is 5.79. The Balaban J connectivity index is 1.72. The highest BCUT2D eigenvalue weighted by Gasteiger charge is 2.07. The number of hydrogen-bond donors (Lipinski definition) is 3. The Morgan fingerprint density at radius 2 is 1.79 bits per heavy atom. The molecule has 29 heavy (non-hydrogen) atoms. The molecule has 1 amide bonds. The second-order valence-corrected chi connectivity index (χ2v) is 6.97. The highest BCUT2D eigenvalue weighted by Crippen LogP contribution is 2.06. The molecule has 0 bridgehead atoms. The summed E-state index contributed by atoms with van der Waals surface area (Å²) in [7, 11) is 1.75. The summed E-state index contributed by atoms with van der Waals surface area (Å²) in [4.78, 5) is 16.2. The van der Waals surface area contributed by atoms with Crippen molar-refractivity contribution in [3.05, 3.63) is 71.3 Å². The Morgan fingerprint density at radius 1 is 1.03 bits per heavy atom. The molecule has 0 heterocycles. The quantitative estimate of drug-likeness (QED) is 0.426. The van der Waals surface area contributed by atoms with Crippen molar-refractivity contribution in [2.24, 2.45) is 10.9 Å². The number of hydrogen-bond acceptors (Lipinski definition) is 3. The van der Waals surface area contributed by atoms with Gasteiger partial charge in [0.15, 0.2) is 5.96 Å². The molecule has 6 nitrogen and oxygen atoms in total. The smallest absolute Gasteiger partial charge is 0.251 e. The summed E-state index contributed by atoms with van der Waals surface area (Å²) in [5.74, 6) is 1.02. The van der Waals surface area contributed by atoms with Crippen LogP contribution >= 0.6 is 0 Å². The summed E-state index contributed by atoms with van der Waals surface area (Å²) in [5, 5.41) is 9.43. The van der Waals surface area contributed by atoms with Gasteiger partial charge in [0.2, 0.25) is 0 Å². The van der Waals surface area contributed by atoms with Crippen molar-refractivity contribution in [2.45, 2.75) is 27.0 Å². The average Bonchev–Trinajstić information content (AvgIpc) is 2.75. The third-order valence-electron chi connectivity index (χ3n) is 4.34. The van der Waals surface area contributed by atoms with Gasteiger partial charge in [-0.2, -0.15) is 0 Å². The van der Waals surface area contributed by atoms with Crippen LogP contribution in [0.4, 0.5) is 0 Å². The molecule has 1 atom stereocenters. The van der Waals surface area contributed by atoms with E-state index in [2.05, 4.69) is 40.0 Å². The number of amides is 1. The monoisotopic (exact) mass is 396 g/mol. The van der Waals surface area contributed by atoms with E-state index in [9.17, 15) is 4.79 Å². The zero-order valence-electron chi connectivity index (χ0n) is 17.6. The van der Waals surface area contributed by atoms with Crippen LogP contribution in [0, 0.1) is 5.92 Å². The number of carbonyl (C=O) groups is 1. The molecule has 3 N–H and O–H groups in total. The summed E-state index contributed by atoms with van der Waals surface area (Å²) in [6, 6.07) is 17.8. The van der Waals surface area contributed by atoms with Gasteiger partial charge in [-0.05, 0) is 36.1 Å². The fourth-order valence-electron chi connectivity index (χ4n) is 2.77. The topological polar surface area (TPSA) is 74.8 Å². The second kappa shape index (κ2) is 12.6. The van der Waals surface area contributed by atoms with Gasteiger partial charge in [0.25, 0.3) is 5.91 Å². The number of guanidine groups is 1. The van der Waals surface area contributed by atoms with Crippen molar-refractivity contribution < 1.29 is 9.53 Å². The molecule has 0 aliphatic rings. The fraction of sp³-hybridized carbons (Fsp3) is 0.391. The van der Waals surface area contributed by atoms with Gasteiger partial charge in [0.05, 0.1) is 13.2 Å². The number of ether oxygens (including phenoxy) is 1. The molecular formula is C23H32N4O2. The lowest BCUT2D eigenvalue weighted by Crippen LogP contribution is -2.39. The second-order valence-electron chi connectivity index (χ2n) is 6.97. The average molecular weight is 397 g/mol. The third kappa shape index (κ3) is 8.35. The number of nitrogens with one attached hydrogen (secondary N) is 3. The molecule has 0 aromatic heterocycles. The van der Waals surface area contributed by atoms with E-state index in [1.165, 1.54) is 5.56 Å². The molecule has 0 saturated heterocycles. The van der Waals surface area contributed by atoms with Crippen LogP contribution in [0.25, 0.3) is 0 Å². The Labute approximate surface area is 173 Å². The van der Waals surface area contributed by atoms with Gasteiger partial charge < -0.3 is 20.7 Å². The number of nitrogens with zero attached hydrogens (tertiary/aromatic N) is 1. The minimum atomic E-state index is -0.0545. The normalized spacial score (nSPS) is 12.3. The molecule has 0 radical (unpaired) electrons. The molecule has 156 valence electrons. The molecule has 0 fully saturated rings. The van der Waals surface area contributed by atoms with Crippen LogP contribution in [0.1, 0.15) is 35.3 Å². The van der Waals surface area contributed by atoms with Crippen LogP contribution in [-0.2, 0) is 17.9 Å². The fourth-order valence-corrected chi connectivity index (χ4v) is 2.77. The van der Waals surface area contributed by atoms with Crippen LogP contribution in [0.2, 0.25) is 0 Å². The number of benzene rings is 2. The summed E-state index contributed by atoms with van der Waals surface area (Å²) >= 11 is 0. The Kier molecular flexibility index (Phi) is 9.72. The predicted octanol–water partition coefficient (Wildman–Crippen LogP) is 2.95. The van der Waals surface area contributed by atoms with Crippen molar-refractivity contribution in [1.82, 2.24) is 16.0 Å². The largest absolute Gasteiger partial charge is 0.376 e. The highest BCUT2D eigenvalue weighted by molar-refractivity contribution is 5.94. The van der Waals surface area contributed by atoms with E-state index in [1.807, 2.05) is 49.4 Å². The first-order valence-corrected chi connectivity index (χ1v) is 10.1. The lowest BCUT2D eigenvalue weighted by Gasteiger charge is -2.16. The van der Waals surface area contributed by atoms with Gasteiger partial charge >= 0.3 is 0 Å². The Morgan fingerprint density at radius 3 is 2.52 bits per heavy atom. The predicted molar refractivity (Wildman–Crippen MR) is 118 cm³/mol. The Hall–Kier alpha value is -2.86. The van der Waals surface area contributed by atoms with Crippen molar-refractivity contribution in [3.8, 4) is 0 Å². The van der Waals surface area contributed by atoms with E-state index in [-0.39, 0.29) is 5.91 Å². The summed E-state index contributed by atoms with van der Waals surface area (Å²) in [6.45, 7) is 7.31. The Bertz CT molecular complexity index is 777.